The predicted molar refractivity (Wildman–Crippen MR) is 118 cm³/mol. The van der Waals surface area contributed by atoms with Gasteiger partial charge in [-0.25, -0.2) is 4.98 Å². The number of H-pyrrole nitrogens is 1. The van der Waals surface area contributed by atoms with Crippen LogP contribution >= 0.6 is 23.1 Å². The highest BCUT2D eigenvalue weighted by Gasteiger charge is 2.21. The summed E-state index contributed by atoms with van der Waals surface area (Å²) in [5.41, 5.74) is 1.30. The Hall–Kier alpha value is -2.84. The zero-order chi connectivity index (χ0) is 20.4. The number of anilines is 1. The quantitative estimate of drug-likeness (QED) is 0.450. The van der Waals surface area contributed by atoms with Crippen LogP contribution in [0.5, 0.6) is 0 Å². The first-order valence-electron chi connectivity index (χ1n) is 9.09. The number of aromatic nitrogens is 2. The summed E-state index contributed by atoms with van der Waals surface area (Å²) in [5, 5.41) is 4.84. The van der Waals surface area contributed by atoms with Crippen molar-refractivity contribution in [3.63, 3.8) is 0 Å². The summed E-state index contributed by atoms with van der Waals surface area (Å²) in [6, 6.07) is 12.9. The zero-order valence-corrected chi connectivity index (χ0v) is 17.5. The summed E-state index contributed by atoms with van der Waals surface area (Å²) < 4.78 is 5.42. The fourth-order valence-electron chi connectivity index (χ4n) is 2.97. The van der Waals surface area contributed by atoms with Crippen LogP contribution in [0.3, 0.4) is 0 Å². The number of nitrogens with one attached hydrogen (secondary N) is 2. The lowest BCUT2D eigenvalue weighted by Crippen LogP contribution is -2.23. The fourth-order valence-corrected chi connectivity index (χ4v) is 4.94. The van der Waals surface area contributed by atoms with E-state index in [4.69, 9.17) is 4.42 Å². The summed E-state index contributed by atoms with van der Waals surface area (Å²) in [6.45, 7) is 3.78. The maximum absolute atomic E-state index is 12.7. The molecule has 1 aromatic carbocycles. The van der Waals surface area contributed by atoms with Gasteiger partial charge in [0.25, 0.3) is 5.56 Å². The highest BCUT2D eigenvalue weighted by Crippen LogP contribution is 2.34. The molecule has 3 heterocycles. The molecule has 0 aliphatic heterocycles. The molecular formula is C21H19N3O3S2. The second-order valence-electron chi connectivity index (χ2n) is 6.53. The SMILES string of the molecule is CC(SC(C)c1nc2scc(-c3ccco3)c2c(=O)[nH]1)C(=O)Nc1ccccc1. The van der Waals surface area contributed by atoms with E-state index in [0.717, 1.165) is 11.3 Å². The molecule has 8 heteroatoms. The first-order chi connectivity index (χ1) is 14.0. The minimum Gasteiger partial charge on any atom is -0.464 e. The van der Waals surface area contributed by atoms with Gasteiger partial charge in [-0.3, -0.25) is 9.59 Å². The Morgan fingerprint density at radius 3 is 2.72 bits per heavy atom. The van der Waals surface area contributed by atoms with Crippen molar-refractivity contribution in [1.29, 1.82) is 0 Å². The number of rotatable bonds is 6. The van der Waals surface area contributed by atoms with E-state index in [0.29, 0.717) is 21.8 Å². The van der Waals surface area contributed by atoms with Crippen LogP contribution in [0, 0.1) is 0 Å². The molecule has 2 atom stereocenters. The van der Waals surface area contributed by atoms with Gasteiger partial charge < -0.3 is 14.7 Å². The van der Waals surface area contributed by atoms with Gasteiger partial charge in [0.2, 0.25) is 5.91 Å². The maximum Gasteiger partial charge on any atom is 0.260 e. The minimum absolute atomic E-state index is 0.0901. The van der Waals surface area contributed by atoms with E-state index >= 15 is 0 Å². The van der Waals surface area contributed by atoms with Crippen LogP contribution in [0.4, 0.5) is 5.69 Å². The van der Waals surface area contributed by atoms with E-state index in [-0.39, 0.29) is 22.0 Å². The van der Waals surface area contributed by atoms with Crippen molar-refractivity contribution < 1.29 is 9.21 Å². The number of benzene rings is 1. The summed E-state index contributed by atoms with van der Waals surface area (Å²) in [5.74, 6) is 1.11. The summed E-state index contributed by atoms with van der Waals surface area (Å²) >= 11 is 2.85. The largest absolute Gasteiger partial charge is 0.464 e. The molecule has 148 valence electrons. The van der Waals surface area contributed by atoms with Gasteiger partial charge >= 0.3 is 0 Å². The van der Waals surface area contributed by atoms with Gasteiger partial charge in [0.05, 0.1) is 22.1 Å². The van der Waals surface area contributed by atoms with Crippen LogP contribution in [-0.2, 0) is 4.79 Å². The molecule has 3 aromatic heterocycles. The number of para-hydroxylation sites is 1. The molecule has 0 radical (unpaired) electrons. The third-order valence-electron chi connectivity index (χ3n) is 4.45. The van der Waals surface area contributed by atoms with E-state index in [9.17, 15) is 9.59 Å². The first kappa shape index (κ1) is 19.5. The lowest BCUT2D eigenvalue weighted by molar-refractivity contribution is -0.115. The Morgan fingerprint density at radius 2 is 2.00 bits per heavy atom. The van der Waals surface area contributed by atoms with E-state index in [2.05, 4.69) is 15.3 Å². The minimum atomic E-state index is -0.312. The lowest BCUT2D eigenvalue weighted by atomic mass is 10.2. The van der Waals surface area contributed by atoms with Crippen LogP contribution < -0.4 is 10.9 Å². The number of thioether (sulfide) groups is 1. The molecule has 0 fully saturated rings. The van der Waals surface area contributed by atoms with Crippen molar-refractivity contribution in [3.05, 3.63) is 70.3 Å². The Bertz CT molecular complexity index is 1180. The smallest absolute Gasteiger partial charge is 0.260 e. The topological polar surface area (TPSA) is 88.0 Å². The number of thiophene rings is 1. The molecule has 4 rings (SSSR count). The second kappa shape index (κ2) is 8.26. The Morgan fingerprint density at radius 1 is 1.21 bits per heavy atom. The molecule has 4 aromatic rings. The van der Waals surface area contributed by atoms with Gasteiger partial charge in [0.1, 0.15) is 16.4 Å². The number of aromatic amines is 1. The summed E-state index contributed by atoms with van der Waals surface area (Å²) in [6.07, 6.45) is 1.58. The molecule has 29 heavy (non-hydrogen) atoms. The van der Waals surface area contributed by atoms with Crippen LogP contribution in [-0.4, -0.2) is 21.1 Å². The molecule has 0 saturated heterocycles. The normalized spacial score (nSPS) is 13.3. The third kappa shape index (κ3) is 4.13. The summed E-state index contributed by atoms with van der Waals surface area (Å²) in [4.78, 5) is 33.3. The van der Waals surface area contributed by atoms with Crippen molar-refractivity contribution >= 4 is 44.9 Å². The van der Waals surface area contributed by atoms with Gasteiger partial charge in [-0.2, -0.15) is 0 Å². The van der Waals surface area contributed by atoms with Crippen LogP contribution in [0.1, 0.15) is 24.9 Å². The standard InChI is InChI=1S/C21H19N3O3S2/c1-12(29-13(2)19(25)22-14-7-4-3-5-8-14)18-23-20(26)17-15(11-28-21(17)24-18)16-9-6-10-27-16/h3-13H,1-2H3,(H,22,25)(H,23,24,26). The number of fused-ring (bicyclic) bond motifs is 1. The number of carbonyl (C=O) groups excluding carboxylic acids is 1. The van der Waals surface area contributed by atoms with Crippen LogP contribution in [0.15, 0.2) is 63.3 Å². The van der Waals surface area contributed by atoms with E-state index in [1.54, 1.807) is 12.3 Å². The lowest BCUT2D eigenvalue weighted by Gasteiger charge is -2.16. The fraction of sp³-hybridized carbons (Fsp3) is 0.190. The van der Waals surface area contributed by atoms with Gasteiger partial charge in [-0.05, 0) is 38.1 Å². The monoisotopic (exact) mass is 425 g/mol. The number of hydrogen-bond acceptors (Lipinski definition) is 6. The number of furan rings is 1. The van der Waals surface area contributed by atoms with Crippen molar-refractivity contribution in [1.82, 2.24) is 9.97 Å². The molecule has 0 aliphatic rings. The molecule has 0 bridgehead atoms. The second-order valence-corrected chi connectivity index (χ2v) is 9.08. The van der Waals surface area contributed by atoms with Crippen molar-refractivity contribution in [2.75, 3.05) is 5.32 Å². The molecule has 0 spiro atoms. The number of nitrogens with zero attached hydrogens (tertiary/aromatic N) is 1. The highest BCUT2D eigenvalue weighted by molar-refractivity contribution is 8.00. The molecule has 2 unspecified atom stereocenters. The molecule has 1 amide bonds. The number of amides is 1. The van der Waals surface area contributed by atoms with Crippen molar-refractivity contribution in [2.45, 2.75) is 24.3 Å². The van der Waals surface area contributed by atoms with Crippen molar-refractivity contribution in [3.8, 4) is 11.3 Å². The van der Waals surface area contributed by atoms with E-state index < -0.39 is 0 Å². The maximum atomic E-state index is 12.7. The highest BCUT2D eigenvalue weighted by atomic mass is 32.2. The molecule has 0 aliphatic carbocycles. The molecule has 2 N–H and O–H groups in total. The van der Waals surface area contributed by atoms with Gasteiger partial charge in [0, 0.05) is 16.6 Å². The van der Waals surface area contributed by atoms with Gasteiger partial charge in [-0.1, -0.05) is 18.2 Å². The molecule has 6 nitrogen and oxygen atoms in total. The van der Waals surface area contributed by atoms with Crippen molar-refractivity contribution in [2.24, 2.45) is 0 Å². The Labute approximate surface area is 175 Å². The van der Waals surface area contributed by atoms with Gasteiger partial charge in [0.15, 0.2) is 0 Å². The first-order valence-corrected chi connectivity index (χ1v) is 10.9. The summed E-state index contributed by atoms with van der Waals surface area (Å²) in [7, 11) is 0. The average Bonchev–Trinajstić information content (AvgIpc) is 3.38. The predicted octanol–water partition coefficient (Wildman–Crippen LogP) is 5.07. The van der Waals surface area contributed by atoms with Gasteiger partial charge in [-0.15, -0.1) is 23.1 Å². The molecule has 0 saturated carbocycles. The zero-order valence-electron chi connectivity index (χ0n) is 15.8. The number of hydrogen-bond donors (Lipinski definition) is 2. The molecular weight excluding hydrogens is 406 g/mol. The van der Waals surface area contributed by atoms with E-state index in [1.165, 1.54) is 23.1 Å². The Balaban J connectivity index is 1.52. The van der Waals surface area contributed by atoms with E-state index in [1.807, 2.05) is 55.6 Å². The third-order valence-corrected chi connectivity index (χ3v) is 6.58. The average molecular weight is 426 g/mol. The van der Waals surface area contributed by atoms with Crippen LogP contribution in [0.25, 0.3) is 21.5 Å². The number of carbonyl (C=O) groups is 1. The Kier molecular flexibility index (Phi) is 5.55. The van der Waals surface area contributed by atoms with Crippen LogP contribution in [0.2, 0.25) is 0 Å².